The lowest BCUT2D eigenvalue weighted by atomic mass is 10.0. The standard InChI is InChI=1S/C17H18O3/c1-11(2)14-6-4-5-7-15(14)20-16-10-13(17(18)19)9-8-12(16)3/h4-11H,1-3H3,(H,18,19). The van der Waals surface area contributed by atoms with E-state index in [1.54, 1.807) is 18.2 Å². The van der Waals surface area contributed by atoms with Crippen LogP contribution < -0.4 is 4.74 Å². The Morgan fingerprint density at radius 3 is 2.45 bits per heavy atom. The Labute approximate surface area is 118 Å². The van der Waals surface area contributed by atoms with Gasteiger partial charge in [-0.3, -0.25) is 0 Å². The zero-order valence-corrected chi connectivity index (χ0v) is 11.9. The number of carboxylic acid groups (broad SMARTS) is 1. The van der Waals surface area contributed by atoms with Gasteiger partial charge in [0.15, 0.2) is 0 Å². The quantitative estimate of drug-likeness (QED) is 0.882. The number of benzene rings is 2. The van der Waals surface area contributed by atoms with Gasteiger partial charge >= 0.3 is 5.97 Å². The van der Waals surface area contributed by atoms with Crippen molar-refractivity contribution >= 4 is 5.97 Å². The van der Waals surface area contributed by atoms with Crippen molar-refractivity contribution in [2.45, 2.75) is 26.7 Å². The first kappa shape index (κ1) is 14.1. The second-order valence-electron chi connectivity index (χ2n) is 5.08. The second-order valence-corrected chi connectivity index (χ2v) is 5.08. The lowest BCUT2D eigenvalue weighted by molar-refractivity contribution is 0.0696. The maximum Gasteiger partial charge on any atom is 0.335 e. The van der Waals surface area contributed by atoms with Crippen LogP contribution in [-0.2, 0) is 0 Å². The van der Waals surface area contributed by atoms with Crippen LogP contribution in [0.4, 0.5) is 0 Å². The number of para-hydroxylation sites is 1. The highest BCUT2D eigenvalue weighted by Crippen LogP contribution is 2.32. The fourth-order valence-corrected chi connectivity index (χ4v) is 2.01. The van der Waals surface area contributed by atoms with Crippen molar-refractivity contribution in [2.75, 3.05) is 0 Å². The zero-order chi connectivity index (χ0) is 14.7. The van der Waals surface area contributed by atoms with Crippen molar-refractivity contribution in [1.29, 1.82) is 0 Å². The molecule has 2 rings (SSSR count). The van der Waals surface area contributed by atoms with Crippen LogP contribution in [0.15, 0.2) is 42.5 Å². The van der Waals surface area contributed by atoms with Gasteiger partial charge in [-0.15, -0.1) is 0 Å². The summed E-state index contributed by atoms with van der Waals surface area (Å²) < 4.78 is 5.93. The summed E-state index contributed by atoms with van der Waals surface area (Å²) in [5.41, 5.74) is 2.24. The molecule has 0 radical (unpaired) electrons. The number of hydrogen-bond donors (Lipinski definition) is 1. The first-order valence-corrected chi connectivity index (χ1v) is 6.59. The summed E-state index contributed by atoms with van der Waals surface area (Å²) in [7, 11) is 0. The molecule has 2 aromatic carbocycles. The molecule has 1 N–H and O–H groups in total. The van der Waals surface area contributed by atoms with Crippen molar-refractivity contribution in [3.63, 3.8) is 0 Å². The summed E-state index contributed by atoms with van der Waals surface area (Å²) in [6.45, 7) is 6.10. The molecule has 0 aliphatic rings. The minimum absolute atomic E-state index is 0.229. The third kappa shape index (κ3) is 2.99. The number of carboxylic acids is 1. The van der Waals surface area contributed by atoms with Gasteiger partial charge in [0, 0.05) is 0 Å². The van der Waals surface area contributed by atoms with Gasteiger partial charge in [0.05, 0.1) is 5.56 Å². The summed E-state index contributed by atoms with van der Waals surface area (Å²) in [4.78, 5) is 11.0. The van der Waals surface area contributed by atoms with Crippen LogP contribution in [0.5, 0.6) is 11.5 Å². The van der Waals surface area contributed by atoms with E-state index in [-0.39, 0.29) is 5.56 Å². The molecule has 0 atom stereocenters. The summed E-state index contributed by atoms with van der Waals surface area (Å²) in [6, 6.07) is 12.7. The lowest BCUT2D eigenvalue weighted by Crippen LogP contribution is -1.99. The van der Waals surface area contributed by atoms with Gasteiger partial charge in [-0.25, -0.2) is 4.79 Å². The van der Waals surface area contributed by atoms with Crippen molar-refractivity contribution < 1.29 is 14.6 Å². The minimum atomic E-state index is -0.952. The highest BCUT2D eigenvalue weighted by molar-refractivity contribution is 5.88. The van der Waals surface area contributed by atoms with Crippen LogP contribution in [0.25, 0.3) is 0 Å². The number of rotatable bonds is 4. The van der Waals surface area contributed by atoms with Crippen LogP contribution in [0, 0.1) is 6.92 Å². The van der Waals surface area contributed by atoms with Crippen molar-refractivity contribution in [2.24, 2.45) is 0 Å². The van der Waals surface area contributed by atoms with E-state index in [1.165, 1.54) is 0 Å². The molecule has 104 valence electrons. The Hall–Kier alpha value is -2.29. The summed E-state index contributed by atoms with van der Waals surface area (Å²) >= 11 is 0. The molecule has 0 aliphatic carbocycles. The molecule has 3 heteroatoms. The van der Waals surface area contributed by atoms with Crippen LogP contribution in [0.2, 0.25) is 0 Å². The van der Waals surface area contributed by atoms with Gasteiger partial charge in [0.25, 0.3) is 0 Å². The van der Waals surface area contributed by atoms with E-state index in [0.29, 0.717) is 11.7 Å². The predicted octanol–water partition coefficient (Wildman–Crippen LogP) is 4.61. The van der Waals surface area contributed by atoms with Crippen molar-refractivity contribution in [1.82, 2.24) is 0 Å². The molecule has 0 fully saturated rings. The molecular formula is C17H18O3. The van der Waals surface area contributed by atoms with Gasteiger partial charge in [0.2, 0.25) is 0 Å². The van der Waals surface area contributed by atoms with E-state index in [9.17, 15) is 4.79 Å². The molecule has 0 heterocycles. The molecule has 0 bridgehead atoms. The maximum atomic E-state index is 11.0. The van der Waals surface area contributed by atoms with E-state index < -0.39 is 5.97 Å². The average Bonchev–Trinajstić information content (AvgIpc) is 2.41. The Morgan fingerprint density at radius 1 is 1.10 bits per heavy atom. The van der Waals surface area contributed by atoms with E-state index in [1.807, 2.05) is 31.2 Å². The molecule has 0 aromatic heterocycles. The van der Waals surface area contributed by atoms with Crippen molar-refractivity contribution in [3.8, 4) is 11.5 Å². The molecule has 2 aromatic rings. The molecule has 0 unspecified atom stereocenters. The first-order valence-electron chi connectivity index (χ1n) is 6.59. The minimum Gasteiger partial charge on any atom is -0.478 e. The number of aromatic carboxylic acids is 1. The molecule has 3 nitrogen and oxygen atoms in total. The Bertz CT molecular complexity index is 630. The zero-order valence-electron chi connectivity index (χ0n) is 11.9. The van der Waals surface area contributed by atoms with Gasteiger partial charge < -0.3 is 9.84 Å². The molecule has 0 saturated carbocycles. The lowest BCUT2D eigenvalue weighted by Gasteiger charge is -2.15. The number of hydrogen-bond acceptors (Lipinski definition) is 2. The first-order chi connectivity index (χ1) is 9.49. The number of carbonyl (C=O) groups is 1. The van der Waals surface area contributed by atoms with E-state index >= 15 is 0 Å². The Balaban J connectivity index is 2.40. The highest BCUT2D eigenvalue weighted by Gasteiger charge is 2.11. The monoisotopic (exact) mass is 270 g/mol. The summed E-state index contributed by atoms with van der Waals surface area (Å²) in [6.07, 6.45) is 0. The van der Waals surface area contributed by atoms with E-state index in [2.05, 4.69) is 13.8 Å². The average molecular weight is 270 g/mol. The molecule has 0 aliphatic heterocycles. The largest absolute Gasteiger partial charge is 0.478 e. The van der Waals surface area contributed by atoms with Crippen LogP contribution in [-0.4, -0.2) is 11.1 Å². The highest BCUT2D eigenvalue weighted by atomic mass is 16.5. The summed E-state index contributed by atoms with van der Waals surface area (Å²) in [5, 5.41) is 9.05. The van der Waals surface area contributed by atoms with E-state index in [4.69, 9.17) is 9.84 Å². The molecular weight excluding hydrogens is 252 g/mol. The fourth-order valence-electron chi connectivity index (χ4n) is 2.01. The third-order valence-electron chi connectivity index (χ3n) is 3.20. The molecule has 0 amide bonds. The third-order valence-corrected chi connectivity index (χ3v) is 3.20. The topological polar surface area (TPSA) is 46.5 Å². The van der Waals surface area contributed by atoms with Gasteiger partial charge in [-0.05, 0) is 42.2 Å². The predicted molar refractivity (Wildman–Crippen MR) is 78.7 cm³/mol. The smallest absolute Gasteiger partial charge is 0.335 e. The second kappa shape index (κ2) is 5.78. The SMILES string of the molecule is Cc1ccc(C(=O)O)cc1Oc1ccccc1C(C)C. The molecule has 20 heavy (non-hydrogen) atoms. The van der Waals surface area contributed by atoms with Gasteiger partial charge in [-0.2, -0.15) is 0 Å². The fraction of sp³-hybridized carbons (Fsp3) is 0.235. The molecule has 0 spiro atoms. The van der Waals surface area contributed by atoms with Crippen LogP contribution >= 0.6 is 0 Å². The number of aryl methyl sites for hydroxylation is 1. The molecule has 0 saturated heterocycles. The summed E-state index contributed by atoms with van der Waals surface area (Å²) in [5.74, 6) is 0.743. The van der Waals surface area contributed by atoms with E-state index in [0.717, 1.165) is 16.9 Å². The van der Waals surface area contributed by atoms with Crippen molar-refractivity contribution in [3.05, 3.63) is 59.2 Å². The van der Waals surface area contributed by atoms with Gasteiger partial charge in [-0.1, -0.05) is 38.1 Å². The normalized spacial score (nSPS) is 10.6. The van der Waals surface area contributed by atoms with Crippen LogP contribution in [0.1, 0.15) is 41.3 Å². The maximum absolute atomic E-state index is 11.0. The Kier molecular flexibility index (Phi) is 4.08. The van der Waals surface area contributed by atoms with Gasteiger partial charge in [0.1, 0.15) is 11.5 Å². The van der Waals surface area contributed by atoms with Crippen LogP contribution in [0.3, 0.4) is 0 Å². The number of ether oxygens (including phenoxy) is 1. The Morgan fingerprint density at radius 2 is 1.80 bits per heavy atom.